The Morgan fingerprint density at radius 3 is 2.22 bits per heavy atom. The molecule has 0 saturated heterocycles. The molecule has 1 aromatic rings. The van der Waals surface area contributed by atoms with Gasteiger partial charge >= 0.3 is 5.97 Å². The van der Waals surface area contributed by atoms with Crippen LogP contribution in [-0.2, 0) is 15.3 Å². The molecule has 1 unspecified atom stereocenters. The van der Waals surface area contributed by atoms with Crippen LogP contribution in [0.2, 0.25) is 0 Å². The number of aliphatic carboxylic acids is 1. The van der Waals surface area contributed by atoms with E-state index in [2.05, 4.69) is 0 Å². The molecule has 2 N–H and O–H groups in total. The van der Waals surface area contributed by atoms with Crippen molar-refractivity contribution in [2.24, 2.45) is 0 Å². The van der Waals surface area contributed by atoms with Gasteiger partial charge in [-0.05, 0) is 20.8 Å². The molecule has 0 radical (unpaired) electrons. The number of rotatable bonds is 5. The molecule has 0 bridgehead atoms. The van der Waals surface area contributed by atoms with Gasteiger partial charge < -0.3 is 14.9 Å². The van der Waals surface area contributed by atoms with Crippen LogP contribution in [0.25, 0.3) is 0 Å². The van der Waals surface area contributed by atoms with E-state index < -0.39 is 17.4 Å². The molecule has 18 heavy (non-hydrogen) atoms. The van der Waals surface area contributed by atoms with Gasteiger partial charge in [0.25, 0.3) is 0 Å². The summed E-state index contributed by atoms with van der Waals surface area (Å²) in [5.41, 5.74) is 0.00416. The van der Waals surface area contributed by atoms with Gasteiger partial charge in [0.1, 0.15) is 0 Å². The van der Waals surface area contributed by atoms with Crippen molar-refractivity contribution in [1.82, 2.24) is 0 Å². The quantitative estimate of drug-likeness (QED) is 0.790. The Hall–Kier alpha value is -1.39. The highest BCUT2D eigenvalue weighted by atomic mass is 16.6. The topological polar surface area (TPSA) is 66.8 Å². The van der Waals surface area contributed by atoms with E-state index in [4.69, 9.17) is 9.84 Å². The first-order chi connectivity index (χ1) is 8.23. The first-order valence-corrected chi connectivity index (χ1v) is 5.93. The third kappa shape index (κ3) is 4.47. The average Bonchev–Trinajstić information content (AvgIpc) is 2.25. The minimum absolute atomic E-state index is 0.0175. The highest BCUT2D eigenvalue weighted by Gasteiger charge is 2.35. The first-order valence-electron chi connectivity index (χ1n) is 5.93. The van der Waals surface area contributed by atoms with E-state index in [1.54, 1.807) is 24.3 Å². The van der Waals surface area contributed by atoms with E-state index in [1.165, 1.54) is 0 Å². The van der Waals surface area contributed by atoms with E-state index in [0.29, 0.717) is 5.56 Å². The minimum atomic E-state index is -1.57. The maximum Gasteiger partial charge on any atom is 0.303 e. The predicted molar refractivity (Wildman–Crippen MR) is 68.0 cm³/mol. The zero-order valence-corrected chi connectivity index (χ0v) is 11.0. The molecule has 0 amide bonds. The van der Waals surface area contributed by atoms with Crippen molar-refractivity contribution in [1.29, 1.82) is 0 Å². The Kier molecular flexibility index (Phi) is 4.48. The average molecular weight is 252 g/mol. The van der Waals surface area contributed by atoms with Gasteiger partial charge in [-0.25, -0.2) is 0 Å². The number of aliphatic hydroxyl groups is 1. The Balaban J connectivity index is 2.97. The summed E-state index contributed by atoms with van der Waals surface area (Å²) in [7, 11) is 0. The Morgan fingerprint density at radius 1 is 1.22 bits per heavy atom. The molecule has 100 valence electrons. The lowest BCUT2D eigenvalue weighted by Gasteiger charge is -2.35. The fraction of sp³-hybridized carbons (Fsp3) is 0.500. The second-order valence-corrected chi connectivity index (χ2v) is 5.26. The van der Waals surface area contributed by atoms with Gasteiger partial charge in [0.05, 0.1) is 12.0 Å². The monoisotopic (exact) mass is 252 g/mol. The number of hydrogen-bond donors (Lipinski definition) is 2. The van der Waals surface area contributed by atoms with Crippen molar-refractivity contribution >= 4 is 5.97 Å². The normalized spacial score (nSPS) is 15.1. The fourth-order valence-corrected chi connectivity index (χ4v) is 1.74. The van der Waals surface area contributed by atoms with Crippen molar-refractivity contribution in [3.05, 3.63) is 35.9 Å². The van der Waals surface area contributed by atoms with Crippen LogP contribution in [0.1, 0.15) is 39.2 Å². The van der Waals surface area contributed by atoms with Gasteiger partial charge in [0.2, 0.25) is 0 Å². The summed E-state index contributed by atoms with van der Waals surface area (Å²) in [6, 6.07) is 8.86. The molecule has 0 aliphatic heterocycles. The minimum Gasteiger partial charge on any atom is -0.481 e. The number of hydrogen-bond acceptors (Lipinski definition) is 3. The molecule has 0 heterocycles. The van der Waals surface area contributed by atoms with Crippen LogP contribution in [0.5, 0.6) is 0 Å². The van der Waals surface area contributed by atoms with Crippen LogP contribution in [0.4, 0.5) is 0 Å². The number of ether oxygens (including phenoxy) is 1. The van der Waals surface area contributed by atoms with Crippen molar-refractivity contribution < 1.29 is 19.7 Å². The molecule has 1 aromatic carbocycles. The number of carboxylic acid groups (broad SMARTS) is 1. The smallest absolute Gasteiger partial charge is 0.303 e. The van der Waals surface area contributed by atoms with E-state index in [0.717, 1.165) is 0 Å². The van der Waals surface area contributed by atoms with Crippen molar-refractivity contribution in [3.8, 4) is 0 Å². The zero-order valence-electron chi connectivity index (χ0n) is 11.0. The van der Waals surface area contributed by atoms with Crippen molar-refractivity contribution in [2.45, 2.75) is 45.0 Å². The third-order valence-electron chi connectivity index (χ3n) is 2.38. The summed E-state index contributed by atoms with van der Waals surface area (Å²) in [5.74, 6) is -2.53. The Morgan fingerprint density at radius 2 is 1.78 bits per heavy atom. The molecule has 0 spiro atoms. The maximum atomic E-state index is 10.7. The summed E-state index contributed by atoms with van der Waals surface area (Å²) < 4.78 is 5.65. The molecule has 0 aliphatic carbocycles. The summed E-state index contributed by atoms with van der Waals surface area (Å²) in [5, 5.41) is 19.3. The molecule has 0 saturated carbocycles. The zero-order chi connectivity index (χ0) is 13.8. The van der Waals surface area contributed by atoms with Crippen molar-refractivity contribution in [3.63, 3.8) is 0 Å². The van der Waals surface area contributed by atoms with Gasteiger partial charge in [-0.2, -0.15) is 0 Å². The molecule has 1 rings (SSSR count). The van der Waals surface area contributed by atoms with Crippen LogP contribution >= 0.6 is 0 Å². The van der Waals surface area contributed by atoms with Gasteiger partial charge in [-0.1, -0.05) is 30.3 Å². The molecule has 1 atom stereocenters. The number of carbonyl (C=O) groups is 1. The van der Waals surface area contributed by atoms with Crippen LogP contribution in [0, 0.1) is 0 Å². The SMILES string of the molecule is CC(C)(C)OC(O)(CCC(=O)O)c1ccccc1. The molecule has 4 nitrogen and oxygen atoms in total. The van der Waals surface area contributed by atoms with Crippen LogP contribution in [-0.4, -0.2) is 21.8 Å². The van der Waals surface area contributed by atoms with Gasteiger partial charge in [-0.3, -0.25) is 4.79 Å². The van der Waals surface area contributed by atoms with Crippen LogP contribution < -0.4 is 0 Å². The molecule has 0 aromatic heterocycles. The summed E-state index contributed by atoms with van der Waals surface area (Å²) >= 11 is 0. The summed E-state index contributed by atoms with van der Waals surface area (Å²) in [6.07, 6.45) is -0.134. The number of benzene rings is 1. The van der Waals surface area contributed by atoms with Crippen LogP contribution in [0.3, 0.4) is 0 Å². The molecule has 0 fully saturated rings. The maximum absolute atomic E-state index is 10.7. The second-order valence-electron chi connectivity index (χ2n) is 5.26. The molecular weight excluding hydrogens is 232 g/mol. The highest BCUT2D eigenvalue weighted by molar-refractivity contribution is 5.66. The Labute approximate surface area is 107 Å². The van der Waals surface area contributed by atoms with E-state index >= 15 is 0 Å². The highest BCUT2D eigenvalue weighted by Crippen LogP contribution is 2.32. The molecular formula is C14H20O4. The number of carboxylic acids is 1. The summed E-state index contributed by atoms with van der Waals surface area (Å²) in [6.45, 7) is 5.46. The van der Waals surface area contributed by atoms with E-state index in [1.807, 2.05) is 26.8 Å². The van der Waals surface area contributed by atoms with E-state index in [9.17, 15) is 9.90 Å². The largest absolute Gasteiger partial charge is 0.481 e. The standard InChI is InChI=1S/C14H20O4/c1-13(2,3)18-14(17,10-9-12(15)16)11-7-5-4-6-8-11/h4-8,17H,9-10H2,1-3H3,(H,15,16). The van der Waals surface area contributed by atoms with E-state index in [-0.39, 0.29) is 12.8 Å². The third-order valence-corrected chi connectivity index (χ3v) is 2.38. The molecule has 4 heteroatoms. The lowest BCUT2D eigenvalue weighted by atomic mass is 9.99. The lowest BCUT2D eigenvalue weighted by molar-refractivity contribution is -0.266. The first kappa shape index (κ1) is 14.7. The fourth-order valence-electron chi connectivity index (χ4n) is 1.74. The second kappa shape index (κ2) is 5.50. The van der Waals surface area contributed by atoms with Gasteiger partial charge in [0.15, 0.2) is 5.79 Å². The lowest BCUT2D eigenvalue weighted by Crippen LogP contribution is -2.38. The summed E-state index contributed by atoms with van der Waals surface area (Å²) in [4.78, 5) is 10.7. The Bertz CT molecular complexity index is 394. The van der Waals surface area contributed by atoms with Gasteiger partial charge in [-0.15, -0.1) is 0 Å². The van der Waals surface area contributed by atoms with Crippen molar-refractivity contribution in [2.75, 3.05) is 0 Å². The van der Waals surface area contributed by atoms with Gasteiger partial charge in [0, 0.05) is 12.0 Å². The predicted octanol–water partition coefficient (Wildman–Crippen LogP) is 2.51. The molecule has 0 aliphatic rings. The van der Waals surface area contributed by atoms with Crippen LogP contribution in [0.15, 0.2) is 30.3 Å².